The van der Waals surface area contributed by atoms with Crippen LogP contribution >= 0.6 is 11.6 Å². The maximum atomic E-state index is 14.2. The number of rotatable bonds is 7. The molecule has 0 aromatic heterocycles. The van der Waals surface area contributed by atoms with Crippen LogP contribution in [0, 0.1) is 5.82 Å². The van der Waals surface area contributed by atoms with E-state index < -0.39 is 39.2 Å². The van der Waals surface area contributed by atoms with Gasteiger partial charge in [-0.3, -0.25) is 9.59 Å². The smallest absolute Gasteiger partial charge is 0.318 e. The molecule has 0 unspecified atom stereocenters. The Balaban J connectivity index is 3.34. The summed E-state index contributed by atoms with van der Waals surface area (Å²) >= 11 is 5.86. The SMILES string of the molecule is CCCN(CC(=O)O)S(=O)(=O)c1cc(Cl)c(NC(C)=O)cc1F. The minimum Gasteiger partial charge on any atom is -0.480 e. The Morgan fingerprint density at radius 3 is 2.48 bits per heavy atom. The van der Waals surface area contributed by atoms with Gasteiger partial charge >= 0.3 is 5.97 Å². The van der Waals surface area contributed by atoms with Gasteiger partial charge in [-0.15, -0.1) is 0 Å². The van der Waals surface area contributed by atoms with E-state index in [0.717, 1.165) is 12.1 Å². The first-order chi connectivity index (χ1) is 10.6. The van der Waals surface area contributed by atoms with Gasteiger partial charge in [0, 0.05) is 19.5 Å². The number of nitrogens with zero attached hydrogens (tertiary/aromatic N) is 1. The summed E-state index contributed by atoms with van der Waals surface area (Å²) in [6.45, 7) is 1.97. The highest BCUT2D eigenvalue weighted by atomic mass is 35.5. The minimum absolute atomic E-state index is 0.0732. The molecule has 0 radical (unpaired) electrons. The van der Waals surface area contributed by atoms with Gasteiger partial charge in [0.15, 0.2) is 0 Å². The van der Waals surface area contributed by atoms with Crippen molar-refractivity contribution in [3.8, 4) is 0 Å². The van der Waals surface area contributed by atoms with E-state index in [4.69, 9.17) is 16.7 Å². The molecule has 0 heterocycles. The van der Waals surface area contributed by atoms with Crippen LogP contribution in [-0.2, 0) is 19.6 Å². The van der Waals surface area contributed by atoms with Gasteiger partial charge in [-0.2, -0.15) is 4.31 Å². The van der Waals surface area contributed by atoms with Crippen molar-refractivity contribution in [2.45, 2.75) is 25.2 Å². The van der Waals surface area contributed by atoms with Crippen LogP contribution in [0.2, 0.25) is 5.02 Å². The normalized spacial score (nSPS) is 11.5. The van der Waals surface area contributed by atoms with E-state index in [1.54, 1.807) is 6.92 Å². The summed E-state index contributed by atoms with van der Waals surface area (Å²) in [5.74, 6) is -2.99. The summed E-state index contributed by atoms with van der Waals surface area (Å²) < 4.78 is 39.7. The number of sulfonamides is 1. The number of carboxylic acids is 1. The highest BCUT2D eigenvalue weighted by molar-refractivity contribution is 7.89. The van der Waals surface area contributed by atoms with E-state index in [1.165, 1.54) is 6.92 Å². The van der Waals surface area contributed by atoms with Crippen molar-refractivity contribution in [1.29, 1.82) is 0 Å². The lowest BCUT2D eigenvalue weighted by atomic mass is 10.3. The van der Waals surface area contributed by atoms with E-state index >= 15 is 0 Å². The number of aliphatic carboxylic acids is 1. The Kier molecular flexibility index (Phi) is 6.48. The number of carbonyl (C=O) groups excluding carboxylic acids is 1. The van der Waals surface area contributed by atoms with Crippen LogP contribution in [0.3, 0.4) is 0 Å². The zero-order chi connectivity index (χ0) is 17.8. The van der Waals surface area contributed by atoms with E-state index in [1.807, 2.05) is 0 Å². The molecule has 0 aliphatic rings. The monoisotopic (exact) mass is 366 g/mol. The number of anilines is 1. The summed E-state index contributed by atoms with van der Waals surface area (Å²) in [5.41, 5.74) is -0.0732. The Morgan fingerprint density at radius 1 is 1.39 bits per heavy atom. The molecular weight excluding hydrogens is 351 g/mol. The van der Waals surface area contributed by atoms with Crippen molar-refractivity contribution in [2.75, 3.05) is 18.4 Å². The molecule has 1 aromatic carbocycles. The van der Waals surface area contributed by atoms with Gasteiger partial charge in [0.1, 0.15) is 17.3 Å². The van der Waals surface area contributed by atoms with Crippen LogP contribution in [0.1, 0.15) is 20.3 Å². The van der Waals surface area contributed by atoms with Crippen molar-refractivity contribution in [2.24, 2.45) is 0 Å². The standard InChI is InChI=1S/C13H16ClFN2O5S/c1-3-4-17(7-13(19)20)23(21,22)12-5-9(14)11(6-10(12)15)16-8(2)18/h5-6H,3-4,7H2,1-2H3,(H,16,18)(H,19,20). The number of hydrogen-bond donors (Lipinski definition) is 2. The fraction of sp³-hybridized carbons (Fsp3) is 0.385. The number of nitrogens with one attached hydrogen (secondary N) is 1. The molecule has 0 aliphatic carbocycles. The summed E-state index contributed by atoms with van der Waals surface area (Å²) in [4.78, 5) is 21.1. The first kappa shape index (κ1) is 19.3. The molecular formula is C13H16ClFN2O5S. The van der Waals surface area contributed by atoms with E-state index in [9.17, 15) is 22.4 Å². The molecule has 2 N–H and O–H groups in total. The Hall–Kier alpha value is -1.71. The van der Waals surface area contributed by atoms with Gasteiger partial charge < -0.3 is 10.4 Å². The van der Waals surface area contributed by atoms with Crippen LogP contribution in [0.15, 0.2) is 17.0 Å². The van der Waals surface area contributed by atoms with Gasteiger partial charge in [-0.1, -0.05) is 18.5 Å². The molecule has 0 bridgehead atoms. The van der Waals surface area contributed by atoms with Gasteiger partial charge in [-0.25, -0.2) is 12.8 Å². The summed E-state index contributed by atoms with van der Waals surface area (Å²) in [6, 6.07) is 1.63. The average Bonchev–Trinajstić information content (AvgIpc) is 2.40. The fourth-order valence-electron chi connectivity index (χ4n) is 1.84. The number of amides is 1. The van der Waals surface area contributed by atoms with Gasteiger partial charge in [0.25, 0.3) is 0 Å². The highest BCUT2D eigenvalue weighted by Crippen LogP contribution is 2.29. The second-order valence-electron chi connectivity index (χ2n) is 4.68. The highest BCUT2D eigenvalue weighted by Gasteiger charge is 2.29. The van der Waals surface area contributed by atoms with Crippen LogP contribution in [-0.4, -0.2) is 42.8 Å². The van der Waals surface area contributed by atoms with Crippen LogP contribution in [0.4, 0.5) is 10.1 Å². The predicted octanol–water partition coefficient (Wildman–Crippen LogP) is 1.92. The lowest BCUT2D eigenvalue weighted by Gasteiger charge is -2.20. The zero-order valence-electron chi connectivity index (χ0n) is 12.5. The topological polar surface area (TPSA) is 104 Å². The quantitative estimate of drug-likeness (QED) is 0.767. The summed E-state index contributed by atoms with van der Waals surface area (Å²) in [7, 11) is -4.38. The molecule has 1 amide bonds. The number of hydrogen-bond acceptors (Lipinski definition) is 4. The molecule has 23 heavy (non-hydrogen) atoms. The fourth-order valence-corrected chi connectivity index (χ4v) is 3.66. The third-order valence-corrected chi connectivity index (χ3v) is 4.91. The Morgan fingerprint density at radius 2 is 2.00 bits per heavy atom. The van der Waals surface area contributed by atoms with E-state index in [2.05, 4.69) is 5.32 Å². The molecule has 10 heteroatoms. The van der Waals surface area contributed by atoms with Crippen molar-refractivity contribution in [1.82, 2.24) is 4.31 Å². The van der Waals surface area contributed by atoms with Crippen LogP contribution in [0.5, 0.6) is 0 Å². The molecule has 0 spiro atoms. The first-order valence-electron chi connectivity index (χ1n) is 6.58. The number of halogens is 2. The number of carbonyl (C=O) groups is 2. The van der Waals surface area contributed by atoms with Crippen molar-refractivity contribution >= 4 is 39.2 Å². The maximum absolute atomic E-state index is 14.2. The van der Waals surface area contributed by atoms with Crippen LogP contribution in [0.25, 0.3) is 0 Å². The second-order valence-corrected chi connectivity index (χ2v) is 6.99. The van der Waals surface area contributed by atoms with Gasteiger partial charge in [-0.05, 0) is 12.5 Å². The summed E-state index contributed by atoms with van der Waals surface area (Å²) in [5, 5.41) is 10.9. The number of carboxylic acid groups (broad SMARTS) is 1. The Bertz CT molecular complexity index is 723. The zero-order valence-corrected chi connectivity index (χ0v) is 14.0. The average molecular weight is 367 g/mol. The maximum Gasteiger partial charge on any atom is 0.318 e. The van der Waals surface area contributed by atoms with E-state index in [0.29, 0.717) is 10.7 Å². The summed E-state index contributed by atoms with van der Waals surface area (Å²) in [6.07, 6.45) is 0.353. The molecule has 0 fully saturated rings. The van der Waals surface area contributed by atoms with Gasteiger partial charge in [0.2, 0.25) is 15.9 Å². The molecule has 0 saturated heterocycles. The molecule has 0 saturated carbocycles. The second kappa shape index (κ2) is 7.71. The van der Waals surface area contributed by atoms with Crippen molar-refractivity contribution in [3.05, 3.63) is 23.0 Å². The van der Waals surface area contributed by atoms with E-state index in [-0.39, 0.29) is 17.3 Å². The molecule has 7 nitrogen and oxygen atoms in total. The lowest BCUT2D eigenvalue weighted by molar-refractivity contribution is -0.137. The van der Waals surface area contributed by atoms with Crippen molar-refractivity contribution in [3.63, 3.8) is 0 Å². The molecule has 0 aliphatic heterocycles. The molecule has 1 aromatic rings. The molecule has 1 rings (SSSR count). The van der Waals surface area contributed by atoms with Crippen LogP contribution < -0.4 is 5.32 Å². The largest absolute Gasteiger partial charge is 0.480 e. The number of benzene rings is 1. The molecule has 128 valence electrons. The lowest BCUT2D eigenvalue weighted by Crippen LogP contribution is -2.36. The minimum atomic E-state index is -4.38. The van der Waals surface area contributed by atoms with Crippen molar-refractivity contribution < 1.29 is 27.5 Å². The Labute approximate surface area is 138 Å². The first-order valence-corrected chi connectivity index (χ1v) is 8.40. The third kappa shape index (κ3) is 4.88. The third-order valence-electron chi connectivity index (χ3n) is 2.73. The molecule has 0 atom stereocenters. The predicted molar refractivity (Wildman–Crippen MR) is 82.4 cm³/mol. The van der Waals surface area contributed by atoms with Gasteiger partial charge in [0.05, 0.1) is 10.7 Å².